The second-order valence-corrected chi connectivity index (χ2v) is 5.74. The maximum Gasteiger partial charge on any atom is 0.171 e. The number of anilines is 1. The Hall–Kier alpha value is -1.27. The molecule has 0 saturated carbocycles. The van der Waals surface area contributed by atoms with Crippen LogP contribution in [0.3, 0.4) is 0 Å². The maximum absolute atomic E-state index is 8.73. The van der Waals surface area contributed by atoms with Gasteiger partial charge in [0.15, 0.2) is 5.84 Å². The van der Waals surface area contributed by atoms with Crippen LogP contribution in [-0.4, -0.2) is 49.7 Å². The van der Waals surface area contributed by atoms with Gasteiger partial charge >= 0.3 is 0 Å². The molecule has 0 unspecified atom stereocenters. The van der Waals surface area contributed by atoms with Gasteiger partial charge in [0.25, 0.3) is 0 Å². The van der Waals surface area contributed by atoms with Crippen molar-refractivity contribution in [1.29, 1.82) is 0 Å². The van der Waals surface area contributed by atoms with E-state index < -0.39 is 0 Å². The lowest BCUT2D eigenvalue weighted by Crippen LogP contribution is -2.27. The Labute approximate surface area is 129 Å². The number of nitrogens with two attached hydrogens (primary N) is 1. The van der Waals surface area contributed by atoms with Gasteiger partial charge in [-0.2, -0.15) is 0 Å². The third-order valence-corrected chi connectivity index (χ3v) is 3.77. The van der Waals surface area contributed by atoms with Crippen molar-refractivity contribution in [2.75, 3.05) is 38.6 Å². The van der Waals surface area contributed by atoms with Gasteiger partial charge in [0.1, 0.15) is 0 Å². The average Bonchev–Trinajstić information content (AvgIpc) is 2.42. The van der Waals surface area contributed by atoms with Crippen LogP contribution in [0.15, 0.2) is 27.8 Å². The molecule has 0 fully saturated rings. The SMILES string of the molecule is CCN(CCCN(C)C)c1ccc(/C(N)=N/O)c(Br)c1. The van der Waals surface area contributed by atoms with Crippen LogP contribution in [0, 0.1) is 0 Å². The topological polar surface area (TPSA) is 65.1 Å². The largest absolute Gasteiger partial charge is 0.409 e. The quantitative estimate of drug-likeness (QED) is 0.345. The van der Waals surface area contributed by atoms with Crippen molar-refractivity contribution < 1.29 is 5.21 Å². The molecule has 0 aliphatic rings. The van der Waals surface area contributed by atoms with Crippen LogP contribution in [-0.2, 0) is 0 Å². The highest BCUT2D eigenvalue weighted by atomic mass is 79.9. The number of hydrogen-bond donors (Lipinski definition) is 2. The molecule has 0 radical (unpaired) electrons. The van der Waals surface area contributed by atoms with Crippen LogP contribution >= 0.6 is 15.9 Å². The summed E-state index contributed by atoms with van der Waals surface area (Å²) in [5, 5.41) is 11.8. The van der Waals surface area contributed by atoms with E-state index in [-0.39, 0.29) is 5.84 Å². The van der Waals surface area contributed by atoms with E-state index in [0.717, 1.165) is 36.2 Å². The van der Waals surface area contributed by atoms with E-state index >= 15 is 0 Å². The molecular formula is C14H23BrN4O. The highest BCUT2D eigenvalue weighted by molar-refractivity contribution is 9.10. The first-order valence-electron chi connectivity index (χ1n) is 6.66. The highest BCUT2D eigenvalue weighted by Gasteiger charge is 2.09. The van der Waals surface area contributed by atoms with Crippen LogP contribution < -0.4 is 10.6 Å². The Morgan fingerprint density at radius 2 is 2.05 bits per heavy atom. The van der Waals surface area contributed by atoms with Gasteiger partial charge in [0.05, 0.1) is 0 Å². The summed E-state index contributed by atoms with van der Waals surface area (Å²) in [6, 6.07) is 5.87. The van der Waals surface area contributed by atoms with E-state index in [9.17, 15) is 0 Å². The second kappa shape index (κ2) is 8.11. The van der Waals surface area contributed by atoms with Gasteiger partial charge in [0.2, 0.25) is 0 Å². The fourth-order valence-corrected chi connectivity index (χ4v) is 2.58. The number of benzene rings is 1. The van der Waals surface area contributed by atoms with Gasteiger partial charge in [-0.15, -0.1) is 0 Å². The lowest BCUT2D eigenvalue weighted by atomic mass is 10.1. The normalized spacial score (nSPS) is 11.9. The number of amidine groups is 1. The molecule has 6 heteroatoms. The lowest BCUT2D eigenvalue weighted by molar-refractivity contribution is 0.318. The summed E-state index contributed by atoms with van der Waals surface area (Å²) >= 11 is 3.47. The average molecular weight is 343 g/mol. The number of rotatable bonds is 7. The van der Waals surface area contributed by atoms with Gasteiger partial charge < -0.3 is 20.7 Å². The van der Waals surface area contributed by atoms with Gasteiger partial charge in [-0.05, 0) is 68.1 Å². The summed E-state index contributed by atoms with van der Waals surface area (Å²) in [5.74, 6) is 0.110. The minimum absolute atomic E-state index is 0.110. The zero-order chi connectivity index (χ0) is 15.1. The summed E-state index contributed by atoms with van der Waals surface area (Å²) in [5.41, 5.74) is 7.45. The molecule has 3 N–H and O–H groups in total. The number of halogens is 1. The van der Waals surface area contributed by atoms with Crippen LogP contribution in [0.25, 0.3) is 0 Å². The van der Waals surface area contributed by atoms with E-state index in [4.69, 9.17) is 10.9 Å². The molecule has 0 aliphatic carbocycles. The van der Waals surface area contributed by atoms with Crippen LogP contribution in [0.2, 0.25) is 0 Å². The summed E-state index contributed by atoms with van der Waals surface area (Å²) in [6.45, 7) is 5.16. The van der Waals surface area contributed by atoms with E-state index in [2.05, 4.69) is 51.9 Å². The zero-order valence-electron chi connectivity index (χ0n) is 12.3. The van der Waals surface area contributed by atoms with Gasteiger partial charge in [-0.3, -0.25) is 0 Å². The van der Waals surface area contributed by atoms with Crippen molar-refractivity contribution in [2.45, 2.75) is 13.3 Å². The monoisotopic (exact) mass is 342 g/mol. The molecule has 0 amide bonds. The Balaban J connectivity index is 2.81. The fraction of sp³-hybridized carbons (Fsp3) is 0.500. The summed E-state index contributed by atoms with van der Waals surface area (Å²) in [4.78, 5) is 4.50. The summed E-state index contributed by atoms with van der Waals surface area (Å²) < 4.78 is 0.830. The molecular weight excluding hydrogens is 320 g/mol. The first-order chi connectivity index (χ1) is 9.49. The maximum atomic E-state index is 8.73. The molecule has 20 heavy (non-hydrogen) atoms. The third-order valence-electron chi connectivity index (χ3n) is 3.12. The Bertz CT molecular complexity index is 462. The Morgan fingerprint density at radius 3 is 2.55 bits per heavy atom. The molecule has 0 heterocycles. The smallest absolute Gasteiger partial charge is 0.171 e. The fourth-order valence-electron chi connectivity index (χ4n) is 2.01. The number of nitrogens with zero attached hydrogens (tertiary/aromatic N) is 3. The molecule has 1 aromatic rings. The molecule has 0 aromatic heterocycles. The molecule has 0 aliphatic heterocycles. The predicted molar refractivity (Wildman–Crippen MR) is 87.7 cm³/mol. The Morgan fingerprint density at radius 1 is 1.35 bits per heavy atom. The lowest BCUT2D eigenvalue weighted by Gasteiger charge is -2.24. The van der Waals surface area contributed by atoms with E-state index in [1.165, 1.54) is 0 Å². The van der Waals surface area contributed by atoms with Crippen molar-refractivity contribution in [3.63, 3.8) is 0 Å². The molecule has 0 spiro atoms. The van der Waals surface area contributed by atoms with E-state index in [1.807, 2.05) is 18.2 Å². The van der Waals surface area contributed by atoms with Gasteiger partial charge in [-0.25, -0.2) is 0 Å². The molecule has 112 valence electrons. The number of hydrogen-bond acceptors (Lipinski definition) is 4. The summed E-state index contributed by atoms with van der Waals surface area (Å²) in [6.07, 6.45) is 1.11. The molecule has 0 bridgehead atoms. The standard InChI is InChI=1S/C14H23BrN4O/c1-4-19(9-5-8-18(2)3)11-6-7-12(13(15)10-11)14(16)17-20/h6-7,10,20H,4-5,8-9H2,1-3H3,(H2,16,17). The van der Waals surface area contributed by atoms with Crippen molar-refractivity contribution in [3.05, 3.63) is 28.2 Å². The van der Waals surface area contributed by atoms with Crippen molar-refractivity contribution in [1.82, 2.24) is 4.90 Å². The third kappa shape index (κ3) is 4.68. The molecule has 1 rings (SSSR count). The second-order valence-electron chi connectivity index (χ2n) is 4.89. The number of oxime groups is 1. The molecule has 0 saturated heterocycles. The Kier molecular flexibility index (Phi) is 6.81. The first-order valence-corrected chi connectivity index (χ1v) is 7.46. The van der Waals surface area contributed by atoms with Gasteiger partial charge in [0, 0.05) is 28.8 Å². The zero-order valence-corrected chi connectivity index (χ0v) is 13.9. The molecule has 0 atom stereocenters. The van der Waals surface area contributed by atoms with Crippen LogP contribution in [0.1, 0.15) is 18.9 Å². The highest BCUT2D eigenvalue weighted by Crippen LogP contribution is 2.24. The molecule has 1 aromatic carbocycles. The van der Waals surface area contributed by atoms with Gasteiger partial charge in [-0.1, -0.05) is 5.16 Å². The van der Waals surface area contributed by atoms with Crippen molar-refractivity contribution >= 4 is 27.5 Å². The van der Waals surface area contributed by atoms with Crippen LogP contribution in [0.5, 0.6) is 0 Å². The van der Waals surface area contributed by atoms with Crippen molar-refractivity contribution in [2.24, 2.45) is 10.9 Å². The molecule has 5 nitrogen and oxygen atoms in total. The van der Waals surface area contributed by atoms with Crippen LogP contribution in [0.4, 0.5) is 5.69 Å². The van der Waals surface area contributed by atoms with E-state index in [0.29, 0.717) is 5.56 Å². The first kappa shape index (κ1) is 16.8. The van der Waals surface area contributed by atoms with Crippen molar-refractivity contribution in [3.8, 4) is 0 Å². The summed E-state index contributed by atoms with van der Waals surface area (Å²) in [7, 11) is 4.16. The van der Waals surface area contributed by atoms with E-state index in [1.54, 1.807) is 0 Å². The minimum atomic E-state index is 0.110. The minimum Gasteiger partial charge on any atom is -0.409 e. The predicted octanol–water partition coefficient (Wildman–Crippen LogP) is 2.32.